The molecule has 0 aromatic heterocycles. The molecule has 2 rings (SSSR count). The summed E-state index contributed by atoms with van der Waals surface area (Å²) in [5, 5.41) is 7.33. The second-order valence-electron chi connectivity index (χ2n) is 4.13. The van der Waals surface area contributed by atoms with Gasteiger partial charge < -0.3 is 10.6 Å². The predicted molar refractivity (Wildman–Crippen MR) is 74.8 cm³/mol. The van der Waals surface area contributed by atoms with Gasteiger partial charge >= 0.3 is 0 Å². The largest absolute Gasteiger partial charge is 0.359 e. The van der Waals surface area contributed by atoms with Crippen LogP contribution in [0.25, 0.3) is 11.3 Å². The van der Waals surface area contributed by atoms with Crippen LogP contribution in [0, 0.1) is 0 Å². The van der Waals surface area contributed by atoms with Crippen LogP contribution in [0.3, 0.4) is 0 Å². The van der Waals surface area contributed by atoms with E-state index in [9.17, 15) is 0 Å². The minimum atomic E-state index is 0.746. The lowest BCUT2D eigenvalue weighted by Gasteiger charge is -2.26. The fourth-order valence-corrected chi connectivity index (χ4v) is 2.37. The predicted octanol–water partition coefficient (Wildman–Crippen LogP) is 3.25. The van der Waals surface area contributed by atoms with E-state index in [1.54, 1.807) is 0 Å². The van der Waals surface area contributed by atoms with Crippen molar-refractivity contribution in [3.05, 3.63) is 46.6 Å². The molecular weight excluding hydrogens is 232 g/mol. The smallest absolute Gasteiger partial charge is 0.0413 e. The molecule has 0 saturated heterocycles. The lowest BCUT2D eigenvalue weighted by Crippen LogP contribution is -2.23. The number of likely N-dealkylation sites (N-methyl/N-ethyl adjacent to an activating group) is 1. The molecule has 2 N–H and O–H groups in total. The normalized spacial score (nSPS) is 14.6. The van der Waals surface area contributed by atoms with E-state index in [4.69, 9.17) is 11.6 Å². The monoisotopic (exact) mass is 248 g/mol. The molecule has 0 unspecified atom stereocenters. The van der Waals surface area contributed by atoms with E-state index in [1.165, 1.54) is 16.8 Å². The number of allylic oxidation sites excluding steroid dienone is 1. The Morgan fingerprint density at radius 2 is 2.12 bits per heavy atom. The van der Waals surface area contributed by atoms with Crippen LogP contribution < -0.4 is 10.6 Å². The van der Waals surface area contributed by atoms with E-state index in [2.05, 4.69) is 30.2 Å². The molecule has 0 radical (unpaired) electrons. The maximum atomic E-state index is 6.04. The second-order valence-corrected chi connectivity index (χ2v) is 4.57. The topological polar surface area (TPSA) is 24.1 Å². The van der Waals surface area contributed by atoms with E-state index in [0.717, 1.165) is 29.2 Å². The molecular formula is C14H17ClN2. The fourth-order valence-electron chi connectivity index (χ4n) is 2.20. The Morgan fingerprint density at radius 1 is 1.35 bits per heavy atom. The molecule has 0 saturated carbocycles. The average Bonchev–Trinajstić information content (AvgIpc) is 2.33. The van der Waals surface area contributed by atoms with Crippen LogP contribution in [0.1, 0.15) is 24.5 Å². The molecule has 0 spiro atoms. The second kappa shape index (κ2) is 4.94. The van der Waals surface area contributed by atoms with E-state index < -0.39 is 0 Å². The molecule has 2 nitrogen and oxygen atoms in total. The van der Waals surface area contributed by atoms with Crippen molar-refractivity contribution in [2.75, 3.05) is 13.6 Å². The summed E-state index contributed by atoms with van der Waals surface area (Å²) in [5.74, 6) is 0. The number of fused-ring (bicyclic) bond motifs is 1. The molecule has 1 aliphatic rings. The lowest BCUT2D eigenvalue weighted by atomic mass is 9.92. The molecule has 1 aromatic carbocycles. The van der Waals surface area contributed by atoms with Crippen molar-refractivity contribution in [3.8, 4) is 0 Å². The van der Waals surface area contributed by atoms with Gasteiger partial charge in [-0.05, 0) is 36.7 Å². The van der Waals surface area contributed by atoms with Crippen molar-refractivity contribution in [2.24, 2.45) is 0 Å². The molecule has 0 fully saturated rings. The molecule has 90 valence electrons. The number of benzene rings is 1. The van der Waals surface area contributed by atoms with E-state index >= 15 is 0 Å². The van der Waals surface area contributed by atoms with Crippen molar-refractivity contribution >= 4 is 22.9 Å². The summed E-state index contributed by atoms with van der Waals surface area (Å²) >= 11 is 6.04. The van der Waals surface area contributed by atoms with E-state index in [1.807, 2.05) is 19.2 Å². The number of nitrogens with one attached hydrogen (secondary N) is 2. The Bertz CT molecular complexity index is 489. The first-order valence-corrected chi connectivity index (χ1v) is 6.18. The zero-order valence-corrected chi connectivity index (χ0v) is 11.0. The summed E-state index contributed by atoms with van der Waals surface area (Å²) in [7, 11) is 1.96. The molecule has 0 bridgehead atoms. The summed E-state index contributed by atoms with van der Waals surface area (Å²) in [6.07, 6.45) is 0.970. The van der Waals surface area contributed by atoms with Crippen LogP contribution in [0.15, 0.2) is 30.5 Å². The minimum Gasteiger partial charge on any atom is -0.359 e. The van der Waals surface area contributed by atoms with E-state index in [0.29, 0.717) is 0 Å². The highest BCUT2D eigenvalue weighted by Gasteiger charge is 2.19. The molecule has 17 heavy (non-hydrogen) atoms. The van der Waals surface area contributed by atoms with Gasteiger partial charge in [0.1, 0.15) is 0 Å². The Hall–Kier alpha value is -1.25. The van der Waals surface area contributed by atoms with Gasteiger partial charge in [-0.15, -0.1) is 0 Å². The first-order chi connectivity index (χ1) is 8.17. The summed E-state index contributed by atoms with van der Waals surface area (Å²) < 4.78 is 0. The number of rotatable bonds is 3. The van der Waals surface area contributed by atoms with Gasteiger partial charge in [-0.1, -0.05) is 31.2 Å². The Morgan fingerprint density at radius 3 is 2.76 bits per heavy atom. The van der Waals surface area contributed by atoms with Crippen molar-refractivity contribution in [1.82, 2.24) is 10.6 Å². The van der Waals surface area contributed by atoms with Crippen LogP contribution >= 0.6 is 11.6 Å². The van der Waals surface area contributed by atoms with Crippen molar-refractivity contribution in [1.29, 1.82) is 0 Å². The molecule has 0 aliphatic carbocycles. The number of hydrogen-bond donors (Lipinski definition) is 2. The average molecular weight is 249 g/mol. The van der Waals surface area contributed by atoms with Gasteiger partial charge in [-0.25, -0.2) is 0 Å². The SMILES string of the molecule is C=C1NC(CC)=C(CNC)c2ccc(Cl)cc21. The van der Waals surface area contributed by atoms with Gasteiger partial charge in [0.15, 0.2) is 0 Å². The summed E-state index contributed by atoms with van der Waals surface area (Å²) in [6.45, 7) is 7.06. The highest BCUT2D eigenvalue weighted by molar-refractivity contribution is 6.30. The van der Waals surface area contributed by atoms with Crippen LogP contribution in [0.5, 0.6) is 0 Å². The number of hydrogen-bond acceptors (Lipinski definition) is 2. The summed E-state index contributed by atoms with van der Waals surface area (Å²) in [5.41, 5.74) is 5.79. The first-order valence-electron chi connectivity index (χ1n) is 5.80. The quantitative estimate of drug-likeness (QED) is 0.858. The highest BCUT2D eigenvalue weighted by atomic mass is 35.5. The lowest BCUT2D eigenvalue weighted by molar-refractivity contribution is 0.883. The summed E-state index contributed by atoms with van der Waals surface area (Å²) in [6, 6.07) is 5.97. The third kappa shape index (κ3) is 2.24. The van der Waals surface area contributed by atoms with Crippen molar-refractivity contribution < 1.29 is 0 Å². The minimum absolute atomic E-state index is 0.746. The molecule has 1 heterocycles. The molecule has 0 atom stereocenters. The molecule has 0 amide bonds. The summed E-state index contributed by atoms with van der Waals surface area (Å²) in [4.78, 5) is 0. The van der Waals surface area contributed by atoms with Gasteiger partial charge in [0.2, 0.25) is 0 Å². The van der Waals surface area contributed by atoms with Gasteiger partial charge in [-0.2, -0.15) is 0 Å². The number of halogens is 1. The Kier molecular flexibility index (Phi) is 3.55. The third-order valence-corrected chi connectivity index (χ3v) is 3.24. The third-order valence-electron chi connectivity index (χ3n) is 3.01. The Balaban J connectivity index is 2.58. The van der Waals surface area contributed by atoms with Gasteiger partial charge in [0.05, 0.1) is 0 Å². The zero-order chi connectivity index (χ0) is 12.4. The van der Waals surface area contributed by atoms with Gasteiger partial charge in [-0.3, -0.25) is 0 Å². The molecule has 3 heteroatoms. The Labute approximate surface area is 107 Å². The standard InChI is InChI=1S/C14H17ClN2/c1-4-14-13(8-16-3)11-6-5-10(15)7-12(11)9(2)17-14/h5-7,16-17H,2,4,8H2,1,3H3. The van der Waals surface area contributed by atoms with E-state index in [-0.39, 0.29) is 0 Å². The van der Waals surface area contributed by atoms with Crippen molar-refractivity contribution in [3.63, 3.8) is 0 Å². The maximum absolute atomic E-state index is 6.04. The van der Waals surface area contributed by atoms with Gasteiger partial charge in [0.25, 0.3) is 0 Å². The van der Waals surface area contributed by atoms with Crippen LogP contribution in [0.2, 0.25) is 5.02 Å². The molecule has 1 aromatic rings. The maximum Gasteiger partial charge on any atom is 0.0413 e. The van der Waals surface area contributed by atoms with Crippen molar-refractivity contribution in [2.45, 2.75) is 13.3 Å². The van der Waals surface area contributed by atoms with Crippen LogP contribution in [-0.4, -0.2) is 13.6 Å². The van der Waals surface area contributed by atoms with Gasteiger partial charge in [0, 0.05) is 28.5 Å². The first kappa shape index (κ1) is 12.2. The fraction of sp³-hybridized carbons (Fsp3) is 0.286. The molecule has 1 aliphatic heterocycles. The zero-order valence-electron chi connectivity index (χ0n) is 10.2. The highest BCUT2D eigenvalue weighted by Crippen LogP contribution is 2.33. The van der Waals surface area contributed by atoms with Crippen LogP contribution in [0.4, 0.5) is 0 Å². The van der Waals surface area contributed by atoms with Crippen LogP contribution in [-0.2, 0) is 0 Å².